The van der Waals surface area contributed by atoms with E-state index in [1.807, 2.05) is 18.2 Å². The number of nitrogens with zero attached hydrogens (tertiary/aromatic N) is 2. The molecular weight excluding hydrogens is 526 g/mol. The fourth-order valence-corrected chi connectivity index (χ4v) is 6.58. The van der Waals surface area contributed by atoms with Gasteiger partial charge in [0.2, 0.25) is 15.9 Å². The van der Waals surface area contributed by atoms with Crippen molar-refractivity contribution in [2.24, 2.45) is 5.92 Å². The van der Waals surface area contributed by atoms with Crippen LogP contribution in [0.25, 0.3) is 0 Å². The lowest BCUT2D eigenvalue weighted by Gasteiger charge is -2.31. The van der Waals surface area contributed by atoms with Crippen LogP contribution in [0.1, 0.15) is 28.8 Å². The first-order valence-electron chi connectivity index (χ1n) is 12.4. The zero-order valence-electron chi connectivity index (χ0n) is 20.9. The molecule has 1 N–H and O–H groups in total. The van der Waals surface area contributed by atoms with Gasteiger partial charge >= 0.3 is 0 Å². The lowest BCUT2D eigenvalue weighted by Crippen LogP contribution is -2.43. The van der Waals surface area contributed by atoms with Crippen LogP contribution >= 0.6 is 11.6 Å². The van der Waals surface area contributed by atoms with E-state index in [0.717, 1.165) is 17.7 Å². The first-order chi connectivity index (χ1) is 18.3. The van der Waals surface area contributed by atoms with Gasteiger partial charge in [0.15, 0.2) is 0 Å². The lowest BCUT2D eigenvalue weighted by molar-refractivity contribution is -0.120. The second-order valence-corrected chi connectivity index (χ2v) is 11.8. The Morgan fingerprint density at radius 3 is 2.45 bits per heavy atom. The summed E-state index contributed by atoms with van der Waals surface area (Å²) in [7, 11) is -2.15. The maximum Gasteiger partial charge on any atom is 0.258 e. The van der Waals surface area contributed by atoms with Crippen molar-refractivity contribution < 1.29 is 22.7 Å². The molecule has 0 aromatic heterocycles. The van der Waals surface area contributed by atoms with Gasteiger partial charge in [-0.2, -0.15) is 4.31 Å². The van der Waals surface area contributed by atoms with Crippen LogP contribution in [0.4, 0.5) is 11.4 Å². The second kappa shape index (κ2) is 10.8. The standard InChI is InChI=1S/C28H28ClN3O5S/c1-37-24-10-5-20(6-11-24)28(34)32-16-14-19-4-9-23(17-26(19)32)30-27(33)21-3-2-15-31(18-21)38(35,36)25-12-7-22(29)8-13-25/h4-13,17,21H,2-3,14-16,18H2,1H3,(H,30,33)/t21-/m1/s1. The molecule has 0 aliphatic carbocycles. The molecule has 2 heterocycles. The molecule has 5 rings (SSSR count). The molecule has 2 amide bonds. The van der Waals surface area contributed by atoms with Gasteiger partial charge in [-0.1, -0.05) is 17.7 Å². The van der Waals surface area contributed by atoms with E-state index in [1.54, 1.807) is 48.4 Å². The highest BCUT2D eigenvalue weighted by Gasteiger charge is 2.34. The minimum Gasteiger partial charge on any atom is -0.497 e. The molecule has 0 saturated carbocycles. The Bertz CT molecular complexity index is 1460. The van der Waals surface area contributed by atoms with E-state index >= 15 is 0 Å². The molecular formula is C28H28ClN3O5S. The van der Waals surface area contributed by atoms with Crippen LogP contribution in [0.15, 0.2) is 71.6 Å². The number of ether oxygens (including phenoxy) is 1. The Morgan fingerprint density at radius 1 is 1.00 bits per heavy atom. The van der Waals surface area contributed by atoms with Gasteiger partial charge in [-0.15, -0.1) is 0 Å². The number of sulfonamides is 1. The summed E-state index contributed by atoms with van der Waals surface area (Å²) in [4.78, 5) is 28.2. The number of carbonyl (C=O) groups excluding carboxylic acids is 2. The molecule has 2 aliphatic heterocycles. The molecule has 0 radical (unpaired) electrons. The Hall–Kier alpha value is -3.40. The first-order valence-corrected chi connectivity index (χ1v) is 14.2. The highest BCUT2D eigenvalue weighted by Crippen LogP contribution is 2.33. The van der Waals surface area contributed by atoms with E-state index in [0.29, 0.717) is 48.0 Å². The quantitative estimate of drug-likeness (QED) is 0.481. The van der Waals surface area contributed by atoms with Gasteiger partial charge in [-0.3, -0.25) is 9.59 Å². The maximum atomic E-state index is 13.2. The van der Waals surface area contributed by atoms with E-state index in [9.17, 15) is 18.0 Å². The van der Waals surface area contributed by atoms with E-state index < -0.39 is 15.9 Å². The number of hydrogen-bond acceptors (Lipinski definition) is 5. The Kier molecular flexibility index (Phi) is 7.43. The molecule has 8 nitrogen and oxygen atoms in total. The van der Waals surface area contributed by atoms with Gasteiger partial charge in [0.25, 0.3) is 5.91 Å². The van der Waals surface area contributed by atoms with Gasteiger partial charge in [0, 0.05) is 41.6 Å². The number of benzene rings is 3. The van der Waals surface area contributed by atoms with E-state index in [-0.39, 0.29) is 23.3 Å². The normalized spacial score (nSPS) is 17.6. The number of fused-ring (bicyclic) bond motifs is 1. The lowest BCUT2D eigenvalue weighted by atomic mass is 9.98. The fourth-order valence-electron chi connectivity index (χ4n) is 4.93. The van der Waals surface area contributed by atoms with E-state index in [2.05, 4.69) is 5.32 Å². The number of methoxy groups -OCH3 is 1. The third-order valence-corrected chi connectivity index (χ3v) is 9.17. The van der Waals surface area contributed by atoms with Crippen LogP contribution in [0.2, 0.25) is 5.02 Å². The largest absolute Gasteiger partial charge is 0.497 e. The average Bonchev–Trinajstić information content (AvgIpc) is 3.36. The highest BCUT2D eigenvalue weighted by molar-refractivity contribution is 7.89. The fraction of sp³-hybridized carbons (Fsp3) is 0.286. The van der Waals surface area contributed by atoms with Crippen molar-refractivity contribution in [3.8, 4) is 5.75 Å². The molecule has 3 aromatic carbocycles. The molecule has 38 heavy (non-hydrogen) atoms. The number of halogens is 1. The SMILES string of the molecule is COc1ccc(C(=O)N2CCc3ccc(NC(=O)[C@@H]4CCCN(S(=O)(=O)c5ccc(Cl)cc5)C4)cc32)cc1. The predicted molar refractivity (Wildman–Crippen MR) is 146 cm³/mol. The zero-order valence-corrected chi connectivity index (χ0v) is 22.5. The summed E-state index contributed by atoms with van der Waals surface area (Å²) in [5.41, 5.74) is 2.92. The Balaban J connectivity index is 1.28. The second-order valence-electron chi connectivity index (χ2n) is 9.42. The van der Waals surface area contributed by atoms with Crippen molar-refractivity contribution in [3.63, 3.8) is 0 Å². The Labute approximate surface area is 227 Å². The third kappa shape index (κ3) is 5.27. The van der Waals surface area contributed by atoms with Crippen molar-refractivity contribution in [3.05, 3.63) is 82.9 Å². The monoisotopic (exact) mass is 553 g/mol. The third-order valence-electron chi connectivity index (χ3n) is 7.04. The summed E-state index contributed by atoms with van der Waals surface area (Å²) >= 11 is 5.91. The number of rotatable bonds is 6. The zero-order chi connectivity index (χ0) is 26.9. The van der Waals surface area contributed by atoms with Gasteiger partial charge in [-0.05, 0) is 85.5 Å². The number of piperidine rings is 1. The molecule has 0 spiro atoms. The van der Waals surface area contributed by atoms with Crippen molar-refractivity contribution in [1.82, 2.24) is 4.31 Å². The van der Waals surface area contributed by atoms with Crippen molar-refractivity contribution in [1.29, 1.82) is 0 Å². The van der Waals surface area contributed by atoms with Gasteiger partial charge in [-0.25, -0.2) is 8.42 Å². The molecule has 10 heteroatoms. The molecule has 1 atom stereocenters. The van der Waals surface area contributed by atoms with Crippen LogP contribution in [0.3, 0.4) is 0 Å². The van der Waals surface area contributed by atoms with E-state index in [4.69, 9.17) is 16.3 Å². The first kappa shape index (κ1) is 26.2. The number of anilines is 2. The van der Waals surface area contributed by atoms with E-state index in [1.165, 1.54) is 16.4 Å². The van der Waals surface area contributed by atoms with Gasteiger partial charge < -0.3 is 15.0 Å². The van der Waals surface area contributed by atoms with Crippen LogP contribution < -0.4 is 15.0 Å². The summed E-state index contributed by atoms with van der Waals surface area (Å²) in [6.07, 6.45) is 1.90. The smallest absolute Gasteiger partial charge is 0.258 e. The Morgan fingerprint density at radius 2 is 1.74 bits per heavy atom. The summed E-state index contributed by atoms with van der Waals surface area (Å²) < 4.78 is 32.8. The number of amides is 2. The number of hydrogen-bond donors (Lipinski definition) is 1. The minimum atomic E-state index is -3.73. The molecule has 1 fully saturated rings. The topological polar surface area (TPSA) is 96.0 Å². The molecule has 2 aliphatic rings. The van der Waals surface area contributed by atoms with Crippen LogP contribution in [0, 0.1) is 5.92 Å². The summed E-state index contributed by atoms with van der Waals surface area (Å²) in [6.45, 7) is 1.01. The molecule has 1 saturated heterocycles. The summed E-state index contributed by atoms with van der Waals surface area (Å²) in [6, 6.07) is 18.6. The molecule has 198 valence electrons. The average molecular weight is 554 g/mol. The molecule has 0 bridgehead atoms. The van der Waals surface area contributed by atoms with Gasteiger partial charge in [0.1, 0.15) is 5.75 Å². The van der Waals surface area contributed by atoms with Crippen LogP contribution in [0.5, 0.6) is 5.75 Å². The highest BCUT2D eigenvalue weighted by atomic mass is 35.5. The van der Waals surface area contributed by atoms with Crippen molar-refractivity contribution in [2.45, 2.75) is 24.2 Å². The number of nitrogens with one attached hydrogen (secondary N) is 1. The number of carbonyl (C=O) groups is 2. The molecule has 3 aromatic rings. The molecule has 0 unspecified atom stereocenters. The van der Waals surface area contributed by atoms with Crippen molar-refractivity contribution in [2.75, 3.05) is 37.0 Å². The summed E-state index contributed by atoms with van der Waals surface area (Å²) in [5.74, 6) is -0.177. The summed E-state index contributed by atoms with van der Waals surface area (Å²) in [5, 5.41) is 3.40. The van der Waals surface area contributed by atoms with Crippen molar-refractivity contribution >= 4 is 44.8 Å². The minimum absolute atomic E-state index is 0.101. The van der Waals surface area contributed by atoms with Gasteiger partial charge in [0.05, 0.1) is 17.9 Å². The maximum absolute atomic E-state index is 13.2. The van der Waals surface area contributed by atoms with Crippen LogP contribution in [-0.2, 0) is 21.2 Å². The predicted octanol–water partition coefficient (Wildman–Crippen LogP) is 4.59. The van der Waals surface area contributed by atoms with Crippen LogP contribution in [-0.4, -0.2) is 51.3 Å².